The monoisotopic (exact) mass is 264 g/mol. The molecule has 1 saturated carbocycles. The molecule has 19 heavy (non-hydrogen) atoms. The van der Waals surface area contributed by atoms with Gasteiger partial charge in [-0.2, -0.15) is 4.98 Å². The molecule has 0 bridgehead atoms. The number of carbonyl (C=O) groups is 1. The van der Waals surface area contributed by atoms with E-state index < -0.39 is 0 Å². The van der Waals surface area contributed by atoms with E-state index in [9.17, 15) is 4.79 Å². The molecule has 1 aromatic rings. The summed E-state index contributed by atoms with van der Waals surface area (Å²) >= 11 is 0. The summed E-state index contributed by atoms with van der Waals surface area (Å²) in [6, 6.07) is 0.109. The molecule has 2 fully saturated rings. The van der Waals surface area contributed by atoms with Gasteiger partial charge in [-0.3, -0.25) is 4.79 Å². The molecule has 1 atom stereocenters. The second-order valence-electron chi connectivity index (χ2n) is 5.95. The minimum atomic E-state index is -0.235. The summed E-state index contributed by atoms with van der Waals surface area (Å²) in [5, 5.41) is 9.94. The van der Waals surface area contributed by atoms with E-state index in [1.165, 1.54) is 19.3 Å². The molecule has 0 spiro atoms. The van der Waals surface area contributed by atoms with Crippen molar-refractivity contribution < 1.29 is 9.32 Å². The summed E-state index contributed by atoms with van der Waals surface area (Å²) in [7, 11) is 0. The van der Waals surface area contributed by atoms with Crippen LogP contribution in [0.3, 0.4) is 0 Å². The van der Waals surface area contributed by atoms with E-state index in [2.05, 4.69) is 27.7 Å². The molecule has 104 valence electrons. The van der Waals surface area contributed by atoms with Gasteiger partial charge >= 0.3 is 0 Å². The third-order valence-electron chi connectivity index (χ3n) is 4.24. The van der Waals surface area contributed by atoms with Gasteiger partial charge in [0.05, 0.1) is 6.04 Å². The first kappa shape index (κ1) is 12.6. The van der Waals surface area contributed by atoms with E-state index in [1.54, 1.807) is 0 Å². The van der Waals surface area contributed by atoms with Crippen LogP contribution in [0, 0.1) is 5.41 Å². The van der Waals surface area contributed by atoms with Crippen LogP contribution in [0.1, 0.15) is 61.6 Å². The van der Waals surface area contributed by atoms with Gasteiger partial charge in [0, 0.05) is 6.54 Å². The van der Waals surface area contributed by atoms with Gasteiger partial charge in [0.15, 0.2) is 0 Å². The number of hydrogen-bond donors (Lipinski definition) is 2. The second-order valence-corrected chi connectivity index (χ2v) is 5.95. The van der Waals surface area contributed by atoms with E-state index >= 15 is 0 Å². The fourth-order valence-corrected chi connectivity index (χ4v) is 2.69. The van der Waals surface area contributed by atoms with E-state index in [0.717, 1.165) is 19.4 Å². The molecule has 1 unspecified atom stereocenters. The fraction of sp³-hybridized carbons (Fsp3) is 0.769. The van der Waals surface area contributed by atoms with Crippen LogP contribution in [0.25, 0.3) is 0 Å². The number of hydrogen-bond acceptors (Lipinski definition) is 5. The molecule has 1 aromatic heterocycles. The Balaban J connectivity index is 1.57. The topological polar surface area (TPSA) is 80.0 Å². The summed E-state index contributed by atoms with van der Waals surface area (Å²) in [6.07, 6.45) is 5.70. The zero-order chi connectivity index (χ0) is 13.3. The van der Waals surface area contributed by atoms with Gasteiger partial charge in [-0.15, -0.1) is 0 Å². The van der Waals surface area contributed by atoms with Crippen LogP contribution in [0.15, 0.2) is 4.52 Å². The van der Waals surface area contributed by atoms with Crippen molar-refractivity contribution in [1.29, 1.82) is 0 Å². The normalized spacial score (nSPS) is 25.0. The first-order valence-corrected chi connectivity index (χ1v) is 7.02. The first-order chi connectivity index (χ1) is 9.16. The summed E-state index contributed by atoms with van der Waals surface area (Å²) in [4.78, 5) is 16.1. The molecule has 2 aliphatic rings. The SMILES string of the molecule is CC1(CNC(=O)c2noc(C3CCCN3)n2)CCC1. The zero-order valence-corrected chi connectivity index (χ0v) is 11.2. The number of amides is 1. The molecule has 6 nitrogen and oxygen atoms in total. The highest BCUT2D eigenvalue weighted by atomic mass is 16.5. The van der Waals surface area contributed by atoms with Crippen molar-refractivity contribution in [2.45, 2.75) is 45.1 Å². The third kappa shape index (κ3) is 2.63. The molecule has 1 aliphatic heterocycles. The van der Waals surface area contributed by atoms with Crippen LogP contribution in [-0.4, -0.2) is 29.1 Å². The highest BCUT2D eigenvalue weighted by Gasteiger charge is 2.32. The summed E-state index contributed by atoms with van der Waals surface area (Å²) in [5.74, 6) is 0.435. The Labute approximate surface area is 112 Å². The van der Waals surface area contributed by atoms with Crippen molar-refractivity contribution in [3.8, 4) is 0 Å². The minimum absolute atomic E-state index is 0.109. The molecule has 1 saturated heterocycles. The number of carbonyl (C=O) groups excluding carboxylic acids is 1. The van der Waals surface area contributed by atoms with Gasteiger partial charge in [-0.1, -0.05) is 18.5 Å². The van der Waals surface area contributed by atoms with Crippen LogP contribution >= 0.6 is 0 Å². The molecule has 2 N–H and O–H groups in total. The Morgan fingerprint density at radius 3 is 3.00 bits per heavy atom. The van der Waals surface area contributed by atoms with Crippen molar-refractivity contribution in [2.24, 2.45) is 5.41 Å². The van der Waals surface area contributed by atoms with Crippen LogP contribution in [0.2, 0.25) is 0 Å². The third-order valence-corrected chi connectivity index (χ3v) is 4.24. The van der Waals surface area contributed by atoms with Gasteiger partial charge in [-0.25, -0.2) is 0 Å². The standard InChI is InChI=1S/C13H20N4O2/c1-13(5-3-6-13)8-15-11(18)10-16-12(19-17-10)9-4-2-7-14-9/h9,14H,2-8H2,1H3,(H,15,18). The lowest BCUT2D eigenvalue weighted by Crippen LogP contribution is -2.40. The number of aromatic nitrogens is 2. The predicted octanol–water partition coefficient (Wildman–Crippen LogP) is 1.41. The quantitative estimate of drug-likeness (QED) is 0.859. The molecule has 3 rings (SSSR count). The van der Waals surface area contributed by atoms with Gasteiger partial charge in [0.25, 0.3) is 11.7 Å². The highest BCUT2D eigenvalue weighted by molar-refractivity contribution is 5.90. The Kier molecular flexibility index (Phi) is 3.26. The van der Waals surface area contributed by atoms with Gasteiger partial charge in [0.1, 0.15) is 0 Å². The Morgan fingerprint density at radius 2 is 2.37 bits per heavy atom. The predicted molar refractivity (Wildman–Crippen MR) is 68.6 cm³/mol. The Hall–Kier alpha value is -1.43. The smallest absolute Gasteiger partial charge is 0.292 e. The van der Waals surface area contributed by atoms with Gasteiger partial charge < -0.3 is 15.2 Å². The lowest BCUT2D eigenvalue weighted by molar-refractivity contribution is 0.0877. The van der Waals surface area contributed by atoms with Crippen molar-refractivity contribution in [3.63, 3.8) is 0 Å². The second kappa shape index (κ2) is 4.92. The molecule has 0 aromatic carbocycles. The van der Waals surface area contributed by atoms with Crippen LogP contribution in [-0.2, 0) is 0 Å². The maximum absolute atomic E-state index is 11.9. The summed E-state index contributed by atoms with van der Waals surface area (Å²) in [6.45, 7) is 3.85. The molecule has 1 aliphatic carbocycles. The molecule has 0 radical (unpaired) electrons. The lowest BCUT2D eigenvalue weighted by atomic mass is 9.70. The van der Waals surface area contributed by atoms with Crippen molar-refractivity contribution >= 4 is 5.91 Å². The average molecular weight is 264 g/mol. The summed E-state index contributed by atoms with van der Waals surface area (Å²) < 4.78 is 5.16. The molecular formula is C13H20N4O2. The first-order valence-electron chi connectivity index (χ1n) is 7.02. The molecule has 6 heteroatoms. The van der Waals surface area contributed by atoms with Crippen molar-refractivity contribution in [2.75, 3.05) is 13.1 Å². The molecule has 2 heterocycles. The van der Waals surface area contributed by atoms with Crippen molar-refractivity contribution in [1.82, 2.24) is 20.8 Å². The zero-order valence-electron chi connectivity index (χ0n) is 11.2. The average Bonchev–Trinajstić information content (AvgIpc) is 3.02. The van der Waals surface area contributed by atoms with Crippen molar-refractivity contribution in [3.05, 3.63) is 11.7 Å². The van der Waals surface area contributed by atoms with Gasteiger partial charge in [0.2, 0.25) is 5.89 Å². The molecule has 1 amide bonds. The van der Waals surface area contributed by atoms with Crippen LogP contribution in [0.4, 0.5) is 0 Å². The van der Waals surface area contributed by atoms with E-state index in [0.29, 0.717) is 12.4 Å². The minimum Gasteiger partial charge on any atom is -0.349 e. The Morgan fingerprint density at radius 1 is 1.53 bits per heavy atom. The van der Waals surface area contributed by atoms with E-state index in [1.807, 2.05) is 0 Å². The largest absolute Gasteiger partial charge is 0.349 e. The number of nitrogens with one attached hydrogen (secondary N) is 2. The number of rotatable bonds is 4. The maximum atomic E-state index is 11.9. The van der Waals surface area contributed by atoms with E-state index in [-0.39, 0.29) is 23.2 Å². The summed E-state index contributed by atoms with van der Waals surface area (Å²) in [5.41, 5.74) is 0.259. The van der Waals surface area contributed by atoms with Crippen LogP contribution in [0.5, 0.6) is 0 Å². The van der Waals surface area contributed by atoms with E-state index in [4.69, 9.17) is 4.52 Å². The maximum Gasteiger partial charge on any atom is 0.292 e. The lowest BCUT2D eigenvalue weighted by Gasteiger charge is -2.38. The Bertz CT molecular complexity index is 461. The number of nitrogens with zero attached hydrogens (tertiary/aromatic N) is 2. The highest BCUT2D eigenvalue weighted by Crippen LogP contribution is 2.39. The van der Waals surface area contributed by atoms with Gasteiger partial charge in [-0.05, 0) is 37.6 Å². The fourth-order valence-electron chi connectivity index (χ4n) is 2.69. The molecular weight excluding hydrogens is 244 g/mol. The van der Waals surface area contributed by atoms with Crippen LogP contribution < -0.4 is 10.6 Å².